The van der Waals surface area contributed by atoms with Crippen molar-refractivity contribution < 1.29 is 24.0 Å². The number of nitrogens with one attached hydrogen (secondary N) is 3. The highest BCUT2D eigenvalue weighted by atomic mass is 35.5. The molecule has 0 aliphatic heterocycles. The van der Waals surface area contributed by atoms with E-state index in [1.54, 1.807) is 24.3 Å². The second-order valence-corrected chi connectivity index (χ2v) is 7.03. The van der Waals surface area contributed by atoms with Gasteiger partial charge in [0.1, 0.15) is 5.75 Å². The van der Waals surface area contributed by atoms with E-state index in [4.69, 9.17) is 16.3 Å². The summed E-state index contributed by atoms with van der Waals surface area (Å²) in [6.45, 7) is 0. The maximum Gasteiger partial charge on any atom is 0.269 e. The quantitative estimate of drug-likeness (QED) is 0.373. The number of amides is 3. The number of rotatable bonds is 6. The molecule has 3 aromatic rings. The Balaban J connectivity index is 1.64. The molecule has 10 nitrogen and oxygen atoms in total. The molecule has 3 aromatic carbocycles. The highest BCUT2D eigenvalue weighted by Crippen LogP contribution is 2.24. The van der Waals surface area contributed by atoms with Crippen LogP contribution < -0.4 is 20.9 Å². The van der Waals surface area contributed by atoms with Gasteiger partial charge in [-0.3, -0.25) is 35.3 Å². The van der Waals surface area contributed by atoms with Crippen molar-refractivity contribution in [1.82, 2.24) is 10.9 Å². The van der Waals surface area contributed by atoms with Crippen molar-refractivity contribution in [3.05, 3.63) is 98.6 Å². The number of nitro groups is 1. The van der Waals surface area contributed by atoms with Crippen LogP contribution in [0.15, 0.2) is 66.7 Å². The fraction of sp³-hybridized carbons (Fsp3) is 0.0455. The van der Waals surface area contributed by atoms with Gasteiger partial charge in [-0.25, -0.2) is 0 Å². The largest absolute Gasteiger partial charge is 0.496 e. The number of nitro benzene ring substituents is 1. The minimum Gasteiger partial charge on any atom is -0.496 e. The second kappa shape index (κ2) is 10.2. The van der Waals surface area contributed by atoms with Crippen LogP contribution in [0.5, 0.6) is 5.75 Å². The van der Waals surface area contributed by atoms with Crippen LogP contribution >= 0.6 is 11.6 Å². The second-order valence-electron chi connectivity index (χ2n) is 6.59. The SMILES string of the molecule is COc1ccc(Cl)cc1C(=O)Nc1cccc(C(=O)NNC(=O)c2ccc([N+](=O)[O-])cc2)c1. The molecule has 33 heavy (non-hydrogen) atoms. The lowest BCUT2D eigenvalue weighted by molar-refractivity contribution is -0.384. The molecule has 11 heteroatoms. The summed E-state index contributed by atoms with van der Waals surface area (Å²) in [5.74, 6) is -1.45. The summed E-state index contributed by atoms with van der Waals surface area (Å²) in [5.41, 5.74) is 5.15. The molecular weight excluding hydrogens is 452 g/mol. The number of carbonyl (C=O) groups is 3. The van der Waals surface area contributed by atoms with Gasteiger partial charge >= 0.3 is 0 Å². The van der Waals surface area contributed by atoms with Crippen LogP contribution in [0, 0.1) is 10.1 Å². The Morgan fingerprint density at radius 3 is 2.18 bits per heavy atom. The molecule has 3 rings (SSSR count). The van der Waals surface area contributed by atoms with Crippen molar-refractivity contribution in [2.24, 2.45) is 0 Å². The standard InChI is InChI=1S/C22H17ClN4O6/c1-33-19-10-7-15(23)12-18(19)22(30)24-16-4-2-3-14(11-16)21(29)26-25-20(28)13-5-8-17(9-6-13)27(31)32/h2-12H,1H3,(H,24,30)(H,25,28)(H,26,29). The number of carbonyl (C=O) groups excluding carboxylic acids is 3. The molecule has 0 saturated heterocycles. The van der Waals surface area contributed by atoms with Crippen molar-refractivity contribution in [3.63, 3.8) is 0 Å². The number of non-ortho nitro benzene ring substituents is 1. The van der Waals surface area contributed by atoms with Crippen LogP contribution in [0.1, 0.15) is 31.1 Å². The van der Waals surface area contributed by atoms with Gasteiger partial charge in [-0.05, 0) is 48.5 Å². The van der Waals surface area contributed by atoms with Crippen molar-refractivity contribution in [2.75, 3.05) is 12.4 Å². The van der Waals surface area contributed by atoms with E-state index in [0.717, 1.165) is 0 Å². The lowest BCUT2D eigenvalue weighted by Gasteiger charge is -2.11. The van der Waals surface area contributed by atoms with Crippen LogP contribution in [-0.4, -0.2) is 29.8 Å². The van der Waals surface area contributed by atoms with Crippen molar-refractivity contribution >= 4 is 40.7 Å². The van der Waals surface area contributed by atoms with Crippen molar-refractivity contribution in [2.45, 2.75) is 0 Å². The Kier molecular flexibility index (Phi) is 7.21. The van der Waals surface area contributed by atoms with Gasteiger partial charge in [0.25, 0.3) is 23.4 Å². The Morgan fingerprint density at radius 2 is 1.55 bits per heavy atom. The predicted octanol–water partition coefficient (Wildman–Crippen LogP) is 3.58. The van der Waals surface area contributed by atoms with Gasteiger partial charge in [-0.2, -0.15) is 0 Å². The van der Waals surface area contributed by atoms with E-state index >= 15 is 0 Å². The zero-order chi connectivity index (χ0) is 24.0. The summed E-state index contributed by atoms with van der Waals surface area (Å²) in [7, 11) is 1.43. The highest BCUT2D eigenvalue weighted by Gasteiger charge is 2.15. The number of hydrogen-bond acceptors (Lipinski definition) is 6. The average molecular weight is 469 g/mol. The van der Waals surface area contributed by atoms with Gasteiger partial charge in [0.15, 0.2) is 0 Å². The molecule has 0 aliphatic carbocycles. The van der Waals surface area contributed by atoms with Crippen LogP contribution in [0.25, 0.3) is 0 Å². The number of halogens is 1. The molecule has 0 unspecified atom stereocenters. The van der Waals surface area contributed by atoms with Crippen molar-refractivity contribution in [3.8, 4) is 5.75 Å². The van der Waals surface area contributed by atoms with Gasteiger partial charge < -0.3 is 10.1 Å². The van der Waals surface area contributed by atoms with Crippen LogP contribution in [0.2, 0.25) is 5.02 Å². The Morgan fingerprint density at radius 1 is 0.879 bits per heavy atom. The molecule has 0 saturated carbocycles. The maximum atomic E-state index is 12.6. The van der Waals surface area contributed by atoms with Gasteiger partial charge in [-0.1, -0.05) is 17.7 Å². The van der Waals surface area contributed by atoms with E-state index in [9.17, 15) is 24.5 Å². The summed E-state index contributed by atoms with van der Waals surface area (Å²) >= 11 is 5.96. The van der Waals surface area contributed by atoms with Gasteiger partial charge in [-0.15, -0.1) is 0 Å². The molecule has 0 fully saturated rings. The first-order valence-electron chi connectivity index (χ1n) is 9.38. The van der Waals surface area contributed by atoms with Gasteiger partial charge in [0.2, 0.25) is 0 Å². The first kappa shape index (κ1) is 23.2. The molecule has 0 heterocycles. The smallest absolute Gasteiger partial charge is 0.269 e. The van der Waals surface area contributed by atoms with E-state index in [1.807, 2.05) is 0 Å². The third-order valence-electron chi connectivity index (χ3n) is 4.42. The Labute approximate surface area is 192 Å². The summed E-state index contributed by atoms with van der Waals surface area (Å²) < 4.78 is 5.17. The molecular formula is C22H17ClN4O6. The maximum absolute atomic E-state index is 12.6. The molecule has 0 aromatic heterocycles. The zero-order valence-electron chi connectivity index (χ0n) is 17.1. The summed E-state index contributed by atoms with van der Waals surface area (Å²) in [4.78, 5) is 47.3. The summed E-state index contributed by atoms with van der Waals surface area (Å²) in [5, 5.41) is 13.7. The molecule has 0 atom stereocenters. The third kappa shape index (κ3) is 5.83. The van der Waals surface area contributed by atoms with E-state index < -0.39 is 22.6 Å². The summed E-state index contributed by atoms with van der Waals surface area (Å²) in [6.07, 6.45) is 0. The number of hydrazine groups is 1. The highest BCUT2D eigenvalue weighted by molar-refractivity contribution is 6.31. The van der Waals surface area contributed by atoms with Crippen LogP contribution in [0.4, 0.5) is 11.4 Å². The number of anilines is 1. The average Bonchev–Trinajstić information content (AvgIpc) is 2.82. The lowest BCUT2D eigenvalue weighted by atomic mass is 10.1. The zero-order valence-corrected chi connectivity index (χ0v) is 17.9. The van der Waals surface area contributed by atoms with Gasteiger partial charge in [0.05, 0.1) is 17.6 Å². The minimum atomic E-state index is -0.657. The van der Waals surface area contributed by atoms with E-state index in [-0.39, 0.29) is 22.4 Å². The molecule has 0 aliphatic rings. The minimum absolute atomic E-state index is 0.123. The first-order valence-corrected chi connectivity index (χ1v) is 9.76. The molecule has 0 radical (unpaired) electrons. The van der Waals surface area contributed by atoms with E-state index in [0.29, 0.717) is 16.5 Å². The van der Waals surface area contributed by atoms with Crippen LogP contribution in [0.3, 0.4) is 0 Å². The number of methoxy groups -OCH3 is 1. The number of ether oxygens (including phenoxy) is 1. The van der Waals surface area contributed by atoms with Crippen LogP contribution in [-0.2, 0) is 0 Å². The molecule has 3 amide bonds. The van der Waals surface area contributed by atoms with Crippen molar-refractivity contribution in [1.29, 1.82) is 0 Å². The van der Waals surface area contributed by atoms with Gasteiger partial charge in [0, 0.05) is 34.0 Å². The molecule has 3 N–H and O–H groups in total. The monoisotopic (exact) mass is 468 g/mol. The molecule has 0 bridgehead atoms. The fourth-order valence-electron chi connectivity index (χ4n) is 2.79. The first-order chi connectivity index (χ1) is 15.8. The topological polar surface area (TPSA) is 140 Å². The fourth-order valence-corrected chi connectivity index (χ4v) is 2.96. The van der Waals surface area contributed by atoms with E-state index in [2.05, 4.69) is 16.2 Å². The number of nitrogens with zero attached hydrogens (tertiary/aromatic N) is 1. The third-order valence-corrected chi connectivity index (χ3v) is 4.65. The number of benzene rings is 3. The lowest BCUT2D eigenvalue weighted by Crippen LogP contribution is -2.41. The predicted molar refractivity (Wildman–Crippen MR) is 120 cm³/mol. The molecule has 0 spiro atoms. The number of hydrogen-bond donors (Lipinski definition) is 3. The Bertz CT molecular complexity index is 1230. The molecule has 168 valence electrons. The summed E-state index contributed by atoms with van der Waals surface area (Å²) in [6, 6.07) is 15.5. The van der Waals surface area contributed by atoms with E-state index in [1.165, 1.54) is 49.6 Å². The Hall–Kier alpha value is -4.44. The normalized spacial score (nSPS) is 10.1.